The van der Waals surface area contributed by atoms with Crippen LogP contribution in [0.1, 0.15) is 24.1 Å². The van der Waals surface area contributed by atoms with E-state index in [0.29, 0.717) is 0 Å². The van der Waals surface area contributed by atoms with Gasteiger partial charge in [-0.25, -0.2) is 0 Å². The van der Waals surface area contributed by atoms with Gasteiger partial charge in [-0.15, -0.1) is 0 Å². The third-order valence-electron chi connectivity index (χ3n) is 3.22. The van der Waals surface area contributed by atoms with E-state index in [1.807, 2.05) is 36.5 Å². The first-order chi connectivity index (χ1) is 9.29. The van der Waals surface area contributed by atoms with Crippen LogP contribution in [0.5, 0.6) is 0 Å². The van der Waals surface area contributed by atoms with Gasteiger partial charge < -0.3 is 10.4 Å². The molecule has 0 spiro atoms. The van der Waals surface area contributed by atoms with E-state index >= 15 is 0 Å². The van der Waals surface area contributed by atoms with Gasteiger partial charge in [-0.2, -0.15) is 0 Å². The summed E-state index contributed by atoms with van der Waals surface area (Å²) in [5.41, 5.74) is 2.36. The standard InChI is InChI=1S/C16H20N2O/c1-13(15-8-5-9-17-11-15)18-16(12-19)10-14-6-3-2-4-7-14/h2-9,11,13,16,18-19H,10,12H2,1H3/t13?,16-/m1/s1. The van der Waals surface area contributed by atoms with Crippen molar-refractivity contribution in [1.29, 1.82) is 0 Å². The SMILES string of the molecule is CC(N[C@@H](CO)Cc1ccccc1)c1cccnc1. The first kappa shape index (κ1) is 13.7. The minimum absolute atomic E-state index is 0.0533. The van der Waals surface area contributed by atoms with Gasteiger partial charge in [0.25, 0.3) is 0 Å². The number of aliphatic hydroxyl groups is 1. The lowest BCUT2D eigenvalue weighted by Gasteiger charge is -2.22. The summed E-state index contributed by atoms with van der Waals surface area (Å²) >= 11 is 0. The van der Waals surface area contributed by atoms with Crippen LogP contribution < -0.4 is 5.32 Å². The number of rotatable bonds is 6. The smallest absolute Gasteiger partial charge is 0.0588 e. The van der Waals surface area contributed by atoms with E-state index in [1.165, 1.54) is 5.56 Å². The Balaban J connectivity index is 1.96. The molecule has 19 heavy (non-hydrogen) atoms. The van der Waals surface area contributed by atoms with Gasteiger partial charge in [0.1, 0.15) is 0 Å². The van der Waals surface area contributed by atoms with E-state index in [4.69, 9.17) is 0 Å². The Morgan fingerprint density at radius 2 is 1.95 bits per heavy atom. The van der Waals surface area contributed by atoms with Crippen LogP contribution in [0.25, 0.3) is 0 Å². The Morgan fingerprint density at radius 3 is 2.58 bits per heavy atom. The topological polar surface area (TPSA) is 45.1 Å². The lowest BCUT2D eigenvalue weighted by Crippen LogP contribution is -2.36. The highest BCUT2D eigenvalue weighted by Crippen LogP contribution is 2.12. The van der Waals surface area contributed by atoms with Crippen molar-refractivity contribution in [3.63, 3.8) is 0 Å². The van der Waals surface area contributed by atoms with Crippen molar-refractivity contribution in [2.45, 2.75) is 25.4 Å². The molecule has 0 saturated heterocycles. The number of aliphatic hydroxyl groups excluding tert-OH is 1. The van der Waals surface area contributed by atoms with Crippen molar-refractivity contribution in [2.75, 3.05) is 6.61 Å². The Morgan fingerprint density at radius 1 is 1.16 bits per heavy atom. The molecule has 2 rings (SSSR count). The number of nitrogens with zero attached hydrogens (tertiary/aromatic N) is 1. The zero-order valence-electron chi connectivity index (χ0n) is 11.2. The van der Waals surface area contributed by atoms with Crippen molar-refractivity contribution in [2.24, 2.45) is 0 Å². The van der Waals surface area contributed by atoms with E-state index in [0.717, 1.165) is 12.0 Å². The predicted octanol–water partition coefficient (Wildman–Crippen LogP) is 2.34. The first-order valence-electron chi connectivity index (χ1n) is 6.60. The normalized spacial score (nSPS) is 14.0. The maximum Gasteiger partial charge on any atom is 0.0588 e. The Hall–Kier alpha value is -1.71. The average Bonchev–Trinajstić information content (AvgIpc) is 2.48. The minimum atomic E-state index is 0.0533. The molecule has 0 aliphatic heterocycles. The van der Waals surface area contributed by atoms with Crippen LogP contribution in [0.2, 0.25) is 0 Å². The summed E-state index contributed by atoms with van der Waals surface area (Å²) in [7, 11) is 0. The molecule has 2 aromatic rings. The molecule has 3 nitrogen and oxygen atoms in total. The van der Waals surface area contributed by atoms with Gasteiger partial charge in [-0.05, 0) is 30.5 Å². The second kappa shape index (κ2) is 7.02. The average molecular weight is 256 g/mol. The highest BCUT2D eigenvalue weighted by atomic mass is 16.3. The summed E-state index contributed by atoms with van der Waals surface area (Å²) in [5.74, 6) is 0. The fourth-order valence-electron chi connectivity index (χ4n) is 2.16. The summed E-state index contributed by atoms with van der Waals surface area (Å²) in [6.07, 6.45) is 4.44. The molecule has 0 radical (unpaired) electrons. The van der Waals surface area contributed by atoms with Crippen molar-refractivity contribution in [1.82, 2.24) is 10.3 Å². The molecule has 1 heterocycles. The molecule has 1 aromatic heterocycles. The third kappa shape index (κ3) is 4.16. The largest absolute Gasteiger partial charge is 0.395 e. The number of nitrogens with one attached hydrogen (secondary N) is 1. The molecule has 1 unspecified atom stereocenters. The molecule has 0 fully saturated rings. The zero-order chi connectivity index (χ0) is 13.5. The van der Waals surface area contributed by atoms with E-state index in [-0.39, 0.29) is 18.7 Å². The number of benzene rings is 1. The Bertz CT molecular complexity index is 473. The van der Waals surface area contributed by atoms with E-state index in [1.54, 1.807) is 6.20 Å². The number of hydrogen-bond donors (Lipinski definition) is 2. The van der Waals surface area contributed by atoms with E-state index in [2.05, 4.69) is 29.4 Å². The van der Waals surface area contributed by atoms with Crippen LogP contribution in [-0.4, -0.2) is 22.7 Å². The van der Waals surface area contributed by atoms with Gasteiger partial charge in [0.05, 0.1) is 6.61 Å². The summed E-state index contributed by atoms with van der Waals surface area (Å²) in [6, 6.07) is 14.4. The minimum Gasteiger partial charge on any atom is -0.395 e. The van der Waals surface area contributed by atoms with Crippen molar-refractivity contribution in [3.8, 4) is 0 Å². The van der Waals surface area contributed by atoms with Crippen molar-refractivity contribution in [3.05, 3.63) is 66.0 Å². The van der Waals surface area contributed by atoms with Crippen molar-refractivity contribution >= 4 is 0 Å². The van der Waals surface area contributed by atoms with Crippen LogP contribution in [0, 0.1) is 0 Å². The lowest BCUT2D eigenvalue weighted by molar-refractivity contribution is 0.232. The second-order valence-electron chi connectivity index (χ2n) is 4.74. The predicted molar refractivity (Wildman–Crippen MR) is 76.8 cm³/mol. The summed E-state index contributed by atoms with van der Waals surface area (Å²) in [4.78, 5) is 4.12. The highest BCUT2D eigenvalue weighted by molar-refractivity contribution is 5.17. The van der Waals surface area contributed by atoms with Gasteiger partial charge in [0.2, 0.25) is 0 Å². The maximum atomic E-state index is 9.51. The molecule has 0 aliphatic carbocycles. The number of pyridine rings is 1. The lowest BCUT2D eigenvalue weighted by atomic mass is 10.0. The Kier molecular flexibility index (Phi) is 5.07. The van der Waals surface area contributed by atoms with E-state index < -0.39 is 0 Å². The molecule has 3 heteroatoms. The monoisotopic (exact) mass is 256 g/mol. The van der Waals surface area contributed by atoms with Gasteiger partial charge in [0, 0.05) is 24.5 Å². The van der Waals surface area contributed by atoms with Gasteiger partial charge in [-0.3, -0.25) is 4.98 Å². The third-order valence-corrected chi connectivity index (χ3v) is 3.22. The molecular formula is C16H20N2O. The summed E-state index contributed by atoms with van der Waals surface area (Å²) in [5, 5.41) is 12.9. The second-order valence-corrected chi connectivity index (χ2v) is 4.74. The molecule has 2 atom stereocenters. The van der Waals surface area contributed by atoms with Crippen LogP contribution >= 0.6 is 0 Å². The van der Waals surface area contributed by atoms with Crippen molar-refractivity contribution < 1.29 is 5.11 Å². The van der Waals surface area contributed by atoms with Crippen LogP contribution in [-0.2, 0) is 6.42 Å². The quantitative estimate of drug-likeness (QED) is 0.834. The zero-order valence-corrected chi connectivity index (χ0v) is 11.2. The number of aromatic nitrogens is 1. The van der Waals surface area contributed by atoms with Gasteiger partial charge in [-0.1, -0.05) is 36.4 Å². The molecule has 2 N–H and O–H groups in total. The first-order valence-corrected chi connectivity index (χ1v) is 6.60. The maximum absolute atomic E-state index is 9.51. The summed E-state index contributed by atoms with van der Waals surface area (Å²) in [6.45, 7) is 2.21. The molecule has 0 saturated carbocycles. The molecule has 0 amide bonds. The molecule has 100 valence electrons. The molecule has 0 bridgehead atoms. The van der Waals surface area contributed by atoms with Crippen LogP contribution in [0.4, 0.5) is 0 Å². The molecular weight excluding hydrogens is 236 g/mol. The fraction of sp³-hybridized carbons (Fsp3) is 0.312. The fourth-order valence-corrected chi connectivity index (χ4v) is 2.16. The molecule has 0 aliphatic rings. The van der Waals surface area contributed by atoms with E-state index in [9.17, 15) is 5.11 Å². The summed E-state index contributed by atoms with van der Waals surface area (Å²) < 4.78 is 0. The highest BCUT2D eigenvalue weighted by Gasteiger charge is 2.13. The van der Waals surface area contributed by atoms with Crippen LogP contribution in [0.3, 0.4) is 0 Å². The van der Waals surface area contributed by atoms with Crippen LogP contribution in [0.15, 0.2) is 54.9 Å². The van der Waals surface area contributed by atoms with Gasteiger partial charge in [0.15, 0.2) is 0 Å². The van der Waals surface area contributed by atoms with Gasteiger partial charge >= 0.3 is 0 Å². The number of hydrogen-bond acceptors (Lipinski definition) is 3. The molecule has 1 aromatic carbocycles. The Labute approximate surface area is 114 Å².